The normalized spacial score (nSPS) is 19.4. The van der Waals surface area contributed by atoms with Crippen molar-refractivity contribution in [3.05, 3.63) is 35.4 Å². The van der Waals surface area contributed by atoms with Crippen molar-refractivity contribution in [1.29, 1.82) is 0 Å². The highest BCUT2D eigenvalue weighted by Crippen LogP contribution is 2.39. The fourth-order valence-electron chi connectivity index (χ4n) is 2.33. The minimum atomic E-state index is -1.10. The van der Waals surface area contributed by atoms with Crippen LogP contribution in [0.5, 0.6) is 0 Å². The third kappa shape index (κ3) is 2.48. The second kappa shape index (κ2) is 4.47. The lowest BCUT2D eigenvalue weighted by Gasteiger charge is -2.34. The van der Waals surface area contributed by atoms with Crippen molar-refractivity contribution in [1.82, 2.24) is 0 Å². The molecule has 0 bridgehead atoms. The first-order chi connectivity index (χ1) is 8.02. The Hall–Kier alpha value is -1.38. The second-order valence-electron chi connectivity index (χ2n) is 4.94. The van der Waals surface area contributed by atoms with E-state index in [0.29, 0.717) is 19.3 Å². The third-order valence-corrected chi connectivity index (χ3v) is 3.65. The van der Waals surface area contributed by atoms with Crippen molar-refractivity contribution < 1.29 is 14.3 Å². The molecule has 1 unspecified atom stereocenters. The van der Waals surface area contributed by atoms with Crippen molar-refractivity contribution in [2.75, 3.05) is 0 Å². The predicted octanol–water partition coefficient (Wildman–Crippen LogP) is 3.31. The number of hydrogen-bond donors (Lipinski definition) is 1. The molecule has 1 saturated carbocycles. The Labute approximate surface area is 100 Å². The molecule has 2 nitrogen and oxygen atoms in total. The van der Waals surface area contributed by atoms with Gasteiger partial charge in [0.05, 0.1) is 5.92 Å². The molecule has 3 heteroatoms. The van der Waals surface area contributed by atoms with Crippen molar-refractivity contribution in [3.8, 4) is 0 Å². The standard InChI is InChI=1S/C14H17FO2/c1-10(13(16)17)12-6-3-2-5-11(12)9-14(15)7-4-8-14/h2-3,5-6,10H,4,7-9H2,1H3,(H,16,17). The van der Waals surface area contributed by atoms with E-state index in [1.54, 1.807) is 13.0 Å². The fourth-order valence-corrected chi connectivity index (χ4v) is 2.33. The van der Waals surface area contributed by atoms with Gasteiger partial charge in [-0.2, -0.15) is 0 Å². The lowest BCUT2D eigenvalue weighted by molar-refractivity contribution is -0.138. The number of carboxylic acid groups (broad SMARTS) is 1. The molecule has 1 aliphatic carbocycles. The van der Waals surface area contributed by atoms with Gasteiger partial charge in [-0.3, -0.25) is 4.79 Å². The number of rotatable bonds is 4. The smallest absolute Gasteiger partial charge is 0.310 e. The van der Waals surface area contributed by atoms with Gasteiger partial charge < -0.3 is 5.11 Å². The molecular formula is C14H17FO2. The highest BCUT2D eigenvalue weighted by Gasteiger charge is 2.37. The number of alkyl halides is 1. The second-order valence-corrected chi connectivity index (χ2v) is 4.94. The van der Waals surface area contributed by atoms with E-state index in [2.05, 4.69) is 0 Å². The van der Waals surface area contributed by atoms with Crippen LogP contribution < -0.4 is 0 Å². The Bertz CT molecular complexity index is 424. The first-order valence-corrected chi connectivity index (χ1v) is 6.01. The van der Waals surface area contributed by atoms with Gasteiger partial charge in [0, 0.05) is 6.42 Å². The van der Waals surface area contributed by atoms with E-state index in [-0.39, 0.29) is 0 Å². The molecule has 0 amide bonds. The van der Waals surface area contributed by atoms with Crippen LogP contribution in [-0.4, -0.2) is 16.7 Å². The van der Waals surface area contributed by atoms with Crippen LogP contribution in [0, 0.1) is 0 Å². The summed E-state index contributed by atoms with van der Waals surface area (Å²) in [7, 11) is 0. The Morgan fingerprint density at radius 2 is 2.12 bits per heavy atom. The Morgan fingerprint density at radius 3 is 2.65 bits per heavy atom. The summed E-state index contributed by atoms with van der Waals surface area (Å²) < 4.78 is 14.1. The highest BCUT2D eigenvalue weighted by molar-refractivity contribution is 5.76. The number of aliphatic carboxylic acids is 1. The molecule has 0 heterocycles. The van der Waals surface area contributed by atoms with E-state index in [1.165, 1.54) is 0 Å². The van der Waals surface area contributed by atoms with E-state index in [4.69, 9.17) is 5.11 Å². The predicted molar refractivity (Wildman–Crippen MR) is 63.9 cm³/mol. The third-order valence-electron chi connectivity index (χ3n) is 3.65. The zero-order chi connectivity index (χ0) is 12.5. The monoisotopic (exact) mass is 236 g/mol. The average Bonchev–Trinajstić information content (AvgIpc) is 2.26. The van der Waals surface area contributed by atoms with Gasteiger partial charge in [0.1, 0.15) is 5.67 Å². The van der Waals surface area contributed by atoms with Crippen LogP contribution in [0.3, 0.4) is 0 Å². The van der Waals surface area contributed by atoms with Gasteiger partial charge in [-0.15, -0.1) is 0 Å². The number of carboxylic acids is 1. The van der Waals surface area contributed by atoms with Crippen LogP contribution in [0.1, 0.15) is 43.2 Å². The quantitative estimate of drug-likeness (QED) is 0.870. The molecule has 17 heavy (non-hydrogen) atoms. The summed E-state index contributed by atoms with van der Waals surface area (Å²) in [6.07, 6.45) is 2.49. The summed E-state index contributed by atoms with van der Waals surface area (Å²) in [5.41, 5.74) is 0.474. The highest BCUT2D eigenvalue weighted by atomic mass is 19.1. The number of carbonyl (C=O) groups is 1. The summed E-state index contributed by atoms with van der Waals surface area (Å²) in [6.45, 7) is 1.65. The van der Waals surface area contributed by atoms with Gasteiger partial charge in [-0.1, -0.05) is 24.3 Å². The van der Waals surface area contributed by atoms with E-state index in [9.17, 15) is 9.18 Å². The van der Waals surface area contributed by atoms with E-state index in [0.717, 1.165) is 17.5 Å². The number of hydrogen-bond acceptors (Lipinski definition) is 1. The van der Waals surface area contributed by atoms with Crippen LogP contribution in [0.15, 0.2) is 24.3 Å². The van der Waals surface area contributed by atoms with Gasteiger partial charge in [0.25, 0.3) is 0 Å². The Balaban J connectivity index is 2.24. The maximum absolute atomic E-state index is 14.1. The molecule has 2 rings (SSSR count). The van der Waals surface area contributed by atoms with Crippen LogP contribution in [0.25, 0.3) is 0 Å². The molecule has 1 aliphatic rings. The lowest BCUT2D eigenvalue weighted by atomic mass is 9.76. The van der Waals surface area contributed by atoms with E-state index in [1.807, 2.05) is 18.2 Å². The molecule has 1 aromatic carbocycles. The molecule has 0 radical (unpaired) electrons. The number of halogens is 1. The van der Waals surface area contributed by atoms with Gasteiger partial charge >= 0.3 is 5.97 Å². The van der Waals surface area contributed by atoms with Gasteiger partial charge in [0.2, 0.25) is 0 Å². The molecule has 1 atom stereocenters. The summed E-state index contributed by atoms with van der Waals surface area (Å²) in [5, 5.41) is 9.04. The molecule has 1 N–H and O–H groups in total. The van der Waals surface area contributed by atoms with Crippen molar-refractivity contribution in [3.63, 3.8) is 0 Å². The first-order valence-electron chi connectivity index (χ1n) is 6.01. The summed E-state index contributed by atoms with van der Waals surface area (Å²) in [4.78, 5) is 11.0. The lowest BCUT2D eigenvalue weighted by Crippen LogP contribution is -2.34. The van der Waals surface area contributed by atoms with E-state index < -0.39 is 17.6 Å². The largest absolute Gasteiger partial charge is 0.481 e. The minimum Gasteiger partial charge on any atom is -0.481 e. The molecule has 0 aromatic heterocycles. The Morgan fingerprint density at radius 1 is 1.47 bits per heavy atom. The molecule has 92 valence electrons. The van der Waals surface area contributed by atoms with Crippen LogP contribution >= 0.6 is 0 Å². The number of benzene rings is 1. The SMILES string of the molecule is CC(C(=O)O)c1ccccc1CC1(F)CCC1. The summed E-state index contributed by atoms with van der Waals surface area (Å²) >= 11 is 0. The first kappa shape index (κ1) is 12.1. The van der Waals surface area contributed by atoms with Crippen molar-refractivity contribution in [2.45, 2.75) is 44.2 Å². The molecule has 1 fully saturated rings. The maximum Gasteiger partial charge on any atom is 0.310 e. The van der Waals surface area contributed by atoms with Crippen LogP contribution in [-0.2, 0) is 11.2 Å². The Kier molecular flexibility index (Phi) is 3.18. The van der Waals surface area contributed by atoms with Crippen molar-refractivity contribution >= 4 is 5.97 Å². The summed E-state index contributed by atoms with van der Waals surface area (Å²) in [5.74, 6) is -1.44. The molecule has 1 aromatic rings. The average molecular weight is 236 g/mol. The molecule has 0 spiro atoms. The van der Waals surface area contributed by atoms with Crippen LogP contribution in [0.2, 0.25) is 0 Å². The molecule has 0 aliphatic heterocycles. The minimum absolute atomic E-state index is 0.348. The van der Waals surface area contributed by atoms with Gasteiger partial charge in [0.15, 0.2) is 0 Å². The van der Waals surface area contributed by atoms with E-state index >= 15 is 0 Å². The maximum atomic E-state index is 14.1. The molecule has 0 saturated heterocycles. The fraction of sp³-hybridized carbons (Fsp3) is 0.500. The van der Waals surface area contributed by atoms with Gasteiger partial charge in [-0.25, -0.2) is 4.39 Å². The zero-order valence-electron chi connectivity index (χ0n) is 9.95. The topological polar surface area (TPSA) is 37.3 Å². The van der Waals surface area contributed by atoms with Crippen LogP contribution in [0.4, 0.5) is 4.39 Å². The van der Waals surface area contributed by atoms with Crippen molar-refractivity contribution in [2.24, 2.45) is 0 Å². The zero-order valence-corrected chi connectivity index (χ0v) is 9.95. The summed E-state index contributed by atoms with van der Waals surface area (Å²) in [6, 6.07) is 7.28. The molecular weight excluding hydrogens is 219 g/mol. The van der Waals surface area contributed by atoms with Gasteiger partial charge in [-0.05, 0) is 37.3 Å².